The Morgan fingerprint density at radius 3 is 2.21 bits per heavy atom. The molecule has 0 radical (unpaired) electrons. The Bertz CT molecular complexity index is 290. The van der Waals surface area contributed by atoms with Gasteiger partial charge in [0.15, 0.2) is 0 Å². The third kappa shape index (κ3) is 0.737. The van der Waals surface area contributed by atoms with E-state index in [2.05, 4.69) is 37.7 Å². The normalized spacial score (nSPS) is 58.3. The molecule has 0 N–H and O–H groups in total. The van der Waals surface area contributed by atoms with Gasteiger partial charge in [-0.1, -0.05) is 13.8 Å². The molecule has 3 rings (SSSR count). The Kier molecular flexibility index (Phi) is 1.44. The number of piperazine rings is 1. The topological polar surface area (TPSA) is 6.48 Å². The van der Waals surface area contributed by atoms with Crippen molar-refractivity contribution in [1.82, 2.24) is 9.80 Å². The minimum absolute atomic E-state index is 0.523. The molecule has 80 valence electrons. The van der Waals surface area contributed by atoms with Gasteiger partial charge in [-0.3, -0.25) is 4.90 Å². The fourth-order valence-corrected chi connectivity index (χ4v) is 4.42. The van der Waals surface area contributed by atoms with Crippen molar-refractivity contribution < 1.29 is 0 Å². The van der Waals surface area contributed by atoms with Crippen LogP contribution >= 0.6 is 0 Å². The average Bonchev–Trinajstić information content (AvgIpc) is 2.55. The minimum atomic E-state index is 0.523. The molecule has 0 aromatic rings. The summed E-state index contributed by atoms with van der Waals surface area (Å²) in [6, 6.07) is 0. The van der Waals surface area contributed by atoms with E-state index in [4.69, 9.17) is 0 Å². The first-order valence-corrected chi connectivity index (χ1v) is 5.83. The third-order valence-electron chi connectivity index (χ3n) is 5.74. The van der Waals surface area contributed by atoms with Crippen molar-refractivity contribution in [2.45, 2.75) is 32.2 Å². The molecule has 0 aromatic carbocycles. The summed E-state index contributed by atoms with van der Waals surface area (Å²) in [5.74, 6) is 0. The Morgan fingerprint density at radius 2 is 1.71 bits per heavy atom. The van der Waals surface area contributed by atoms with Gasteiger partial charge in [-0.15, -0.1) is 0 Å². The molecule has 2 saturated carbocycles. The van der Waals surface area contributed by atoms with Crippen molar-refractivity contribution in [3.63, 3.8) is 0 Å². The first-order chi connectivity index (χ1) is 6.44. The lowest BCUT2D eigenvalue weighted by molar-refractivity contribution is -0.107. The van der Waals surface area contributed by atoms with Crippen LogP contribution in [0.3, 0.4) is 0 Å². The highest BCUT2D eigenvalue weighted by Gasteiger charge is 2.82. The maximum atomic E-state index is 2.64. The van der Waals surface area contributed by atoms with Gasteiger partial charge < -0.3 is 4.90 Å². The van der Waals surface area contributed by atoms with Crippen molar-refractivity contribution in [3.05, 3.63) is 0 Å². The zero-order valence-corrected chi connectivity index (χ0v) is 9.93. The lowest BCUT2D eigenvalue weighted by Gasteiger charge is -2.61. The van der Waals surface area contributed by atoms with Crippen LogP contribution < -0.4 is 0 Å². The molecule has 3 fully saturated rings. The molecule has 14 heavy (non-hydrogen) atoms. The SMILES string of the molecule is CN1CCN(C)C2(C1)CC1(C)CC12C. The van der Waals surface area contributed by atoms with Crippen LogP contribution in [0.2, 0.25) is 0 Å². The summed E-state index contributed by atoms with van der Waals surface area (Å²) in [7, 11) is 4.60. The molecule has 0 amide bonds. The fourth-order valence-electron chi connectivity index (χ4n) is 4.42. The standard InChI is InChI=1S/C12H22N2/c1-10-7-11(10,2)12(8-10)9-13(3)5-6-14(12)4/h5-9H2,1-4H3. The van der Waals surface area contributed by atoms with Crippen LogP contribution in [0.1, 0.15) is 26.7 Å². The van der Waals surface area contributed by atoms with Crippen LogP contribution in [0.4, 0.5) is 0 Å². The summed E-state index contributed by atoms with van der Waals surface area (Å²) >= 11 is 0. The molecule has 0 bridgehead atoms. The number of hydrogen-bond acceptors (Lipinski definition) is 2. The molecule has 1 spiro atoms. The van der Waals surface area contributed by atoms with Gasteiger partial charge in [0.25, 0.3) is 0 Å². The van der Waals surface area contributed by atoms with E-state index in [1.807, 2.05) is 0 Å². The van der Waals surface area contributed by atoms with E-state index in [-0.39, 0.29) is 0 Å². The molecule has 1 heterocycles. The zero-order chi connectivity index (χ0) is 10.2. The number of nitrogens with zero attached hydrogens (tertiary/aromatic N) is 2. The Morgan fingerprint density at radius 1 is 1.00 bits per heavy atom. The first-order valence-electron chi connectivity index (χ1n) is 5.83. The Hall–Kier alpha value is -0.0800. The van der Waals surface area contributed by atoms with Gasteiger partial charge in [-0.05, 0) is 37.8 Å². The second kappa shape index (κ2) is 2.19. The fraction of sp³-hybridized carbons (Fsp3) is 1.00. The van der Waals surface area contributed by atoms with E-state index in [1.165, 1.54) is 32.5 Å². The predicted molar refractivity (Wildman–Crippen MR) is 58.3 cm³/mol. The van der Waals surface area contributed by atoms with Crippen molar-refractivity contribution in [3.8, 4) is 0 Å². The molecule has 3 unspecified atom stereocenters. The first kappa shape index (κ1) is 9.17. The number of fused-ring (bicyclic) bond motifs is 2. The molecule has 1 saturated heterocycles. The van der Waals surface area contributed by atoms with Gasteiger partial charge in [-0.25, -0.2) is 0 Å². The number of hydrogen-bond donors (Lipinski definition) is 0. The van der Waals surface area contributed by atoms with Crippen molar-refractivity contribution in [2.75, 3.05) is 33.7 Å². The van der Waals surface area contributed by atoms with Crippen LogP contribution in [0, 0.1) is 10.8 Å². The quantitative estimate of drug-likeness (QED) is 0.575. The number of rotatable bonds is 0. The highest BCUT2D eigenvalue weighted by molar-refractivity contribution is 5.34. The van der Waals surface area contributed by atoms with Crippen molar-refractivity contribution >= 4 is 0 Å². The maximum absolute atomic E-state index is 2.64. The molecular weight excluding hydrogens is 172 g/mol. The summed E-state index contributed by atoms with van der Waals surface area (Å²) in [6.45, 7) is 8.76. The second-order valence-corrected chi connectivity index (χ2v) is 6.44. The third-order valence-corrected chi connectivity index (χ3v) is 5.74. The molecule has 1 aliphatic heterocycles. The van der Waals surface area contributed by atoms with E-state index in [1.54, 1.807) is 0 Å². The van der Waals surface area contributed by atoms with Gasteiger partial charge in [-0.2, -0.15) is 0 Å². The maximum Gasteiger partial charge on any atom is 0.0398 e. The average molecular weight is 194 g/mol. The van der Waals surface area contributed by atoms with Crippen LogP contribution in [0.25, 0.3) is 0 Å². The Balaban J connectivity index is 1.90. The molecule has 3 aliphatic rings. The van der Waals surface area contributed by atoms with Crippen LogP contribution in [-0.2, 0) is 0 Å². The van der Waals surface area contributed by atoms with Crippen LogP contribution in [0.15, 0.2) is 0 Å². The van der Waals surface area contributed by atoms with Gasteiger partial charge in [0, 0.05) is 25.2 Å². The van der Waals surface area contributed by atoms with E-state index < -0.39 is 0 Å². The van der Waals surface area contributed by atoms with Gasteiger partial charge in [0.1, 0.15) is 0 Å². The molecule has 2 nitrogen and oxygen atoms in total. The van der Waals surface area contributed by atoms with Gasteiger partial charge in [0.2, 0.25) is 0 Å². The summed E-state index contributed by atoms with van der Waals surface area (Å²) in [4.78, 5) is 5.16. The molecule has 2 aliphatic carbocycles. The van der Waals surface area contributed by atoms with Crippen LogP contribution in [-0.4, -0.2) is 49.1 Å². The van der Waals surface area contributed by atoms with E-state index in [0.717, 1.165) is 0 Å². The highest BCUT2D eigenvalue weighted by Crippen LogP contribution is 2.83. The monoisotopic (exact) mass is 194 g/mol. The van der Waals surface area contributed by atoms with Gasteiger partial charge >= 0.3 is 0 Å². The molecule has 0 aromatic heterocycles. The Labute approximate surface area is 87.3 Å². The van der Waals surface area contributed by atoms with Gasteiger partial charge in [0.05, 0.1) is 0 Å². The smallest absolute Gasteiger partial charge is 0.0398 e. The number of likely N-dealkylation sites (N-methyl/N-ethyl adjacent to an activating group) is 2. The summed E-state index contributed by atoms with van der Waals surface area (Å²) in [6.07, 6.45) is 2.88. The van der Waals surface area contributed by atoms with Crippen molar-refractivity contribution in [1.29, 1.82) is 0 Å². The second-order valence-electron chi connectivity index (χ2n) is 6.44. The van der Waals surface area contributed by atoms with E-state index in [0.29, 0.717) is 16.4 Å². The summed E-state index contributed by atoms with van der Waals surface area (Å²) < 4.78 is 0. The van der Waals surface area contributed by atoms with Crippen molar-refractivity contribution in [2.24, 2.45) is 10.8 Å². The minimum Gasteiger partial charge on any atom is -0.303 e. The van der Waals surface area contributed by atoms with E-state index in [9.17, 15) is 0 Å². The van der Waals surface area contributed by atoms with Crippen LogP contribution in [0.5, 0.6) is 0 Å². The molecular formula is C12H22N2. The zero-order valence-electron chi connectivity index (χ0n) is 9.93. The van der Waals surface area contributed by atoms with E-state index >= 15 is 0 Å². The summed E-state index contributed by atoms with van der Waals surface area (Å²) in [5, 5.41) is 0. The highest BCUT2D eigenvalue weighted by atomic mass is 15.3. The summed E-state index contributed by atoms with van der Waals surface area (Å²) in [5.41, 5.74) is 1.84. The largest absolute Gasteiger partial charge is 0.303 e. The lowest BCUT2D eigenvalue weighted by atomic mass is 9.59. The lowest BCUT2D eigenvalue weighted by Crippen LogP contribution is -2.70. The molecule has 2 heteroatoms. The predicted octanol–water partition coefficient (Wildman–Crippen LogP) is 1.42. The molecule has 3 atom stereocenters.